The van der Waals surface area contributed by atoms with Crippen molar-refractivity contribution in [2.45, 2.75) is 38.3 Å². The Balaban J connectivity index is 1.41. The maximum atomic E-state index is 12.1. The number of carbonyl (C=O) groups is 2. The topological polar surface area (TPSA) is 49.9 Å². The van der Waals surface area contributed by atoms with Crippen LogP contribution in [0.25, 0.3) is 0 Å². The number of hydrogen-bond donors (Lipinski definition) is 0. The van der Waals surface area contributed by atoms with Crippen LogP contribution in [0.5, 0.6) is 0 Å². The predicted octanol–water partition coefficient (Wildman–Crippen LogP) is 2.45. The highest BCUT2D eigenvalue weighted by atomic mass is 16.6. The summed E-state index contributed by atoms with van der Waals surface area (Å²) in [6.07, 6.45) is 3.13. The van der Waals surface area contributed by atoms with Crippen LogP contribution in [0.4, 0.5) is 4.79 Å². The lowest BCUT2D eigenvalue weighted by Gasteiger charge is -2.40. The van der Waals surface area contributed by atoms with Gasteiger partial charge in [-0.25, -0.2) is 4.79 Å². The van der Waals surface area contributed by atoms with Gasteiger partial charge in [-0.2, -0.15) is 0 Å². The molecule has 0 spiro atoms. The molecule has 1 amide bonds. The van der Waals surface area contributed by atoms with Gasteiger partial charge in [0.1, 0.15) is 12.4 Å². The molecule has 1 saturated heterocycles. The van der Waals surface area contributed by atoms with Crippen molar-refractivity contribution in [3.63, 3.8) is 0 Å². The number of nitrogens with zero attached hydrogens (tertiary/aromatic N) is 2. The molecule has 1 saturated carbocycles. The molecule has 5 nitrogen and oxygen atoms in total. The fourth-order valence-electron chi connectivity index (χ4n) is 3.37. The first-order valence-corrected chi connectivity index (χ1v) is 8.44. The predicted molar refractivity (Wildman–Crippen MR) is 87.0 cm³/mol. The maximum absolute atomic E-state index is 12.1. The van der Waals surface area contributed by atoms with E-state index in [4.69, 9.17) is 4.74 Å². The van der Waals surface area contributed by atoms with Crippen LogP contribution in [0.1, 0.15) is 31.2 Å². The number of benzene rings is 1. The van der Waals surface area contributed by atoms with E-state index in [2.05, 4.69) is 4.90 Å². The third kappa shape index (κ3) is 4.32. The number of Topliss-reactive ketones (excluding diaryl/α,β-unsaturated/α-hetero) is 1. The van der Waals surface area contributed by atoms with Gasteiger partial charge in [-0.1, -0.05) is 30.3 Å². The van der Waals surface area contributed by atoms with Crippen LogP contribution < -0.4 is 0 Å². The van der Waals surface area contributed by atoms with Crippen LogP contribution in [0.2, 0.25) is 0 Å². The third-order valence-corrected chi connectivity index (χ3v) is 4.81. The number of rotatable bonds is 3. The SMILES string of the molecule is O=C1CCC(N2CCN(C(=O)OCc3ccccc3)CC2)CC1. The first kappa shape index (κ1) is 16.0. The highest BCUT2D eigenvalue weighted by molar-refractivity contribution is 5.79. The number of ketones is 1. The van der Waals surface area contributed by atoms with E-state index >= 15 is 0 Å². The van der Waals surface area contributed by atoms with Crippen molar-refractivity contribution in [3.05, 3.63) is 35.9 Å². The lowest BCUT2D eigenvalue weighted by molar-refractivity contribution is -0.121. The lowest BCUT2D eigenvalue weighted by Crippen LogP contribution is -2.52. The van der Waals surface area contributed by atoms with Gasteiger partial charge in [0, 0.05) is 45.1 Å². The fraction of sp³-hybridized carbons (Fsp3) is 0.556. The Morgan fingerprint density at radius 2 is 1.70 bits per heavy atom. The van der Waals surface area contributed by atoms with E-state index in [9.17, 15) is 9.59 Å². The van der Waals surface area contributed by atoms with Crippen LogP contribution in [0.15, 0.2) is 30.3 Å². The molecule has 2 fully saturated rings. The summed E-state index contributed by atoms with van der Waals surface area (Å²) in [6, 6.07) is 10.2. The van der Waals surface area contributed by atoms with E-state index in [1.54, 1.807) is 4.90 Å². The number of carbonyl (C=O) groups excluding carboxylic acids is 2. The van der Waals surface area contributed by atoms with Crippen LogP contribution in [0.3, 0.4) is 0 Å². The van der Waals surface area contributed by atoms with E-state index in [1.165, 1.54) is 0 Å². The Labute approximate surface area is 137 Å². The molecule has 0 unspecified atom stereocenters. The van der Waals surface area contributed by atoms with Crippen molar-refractivity contribution in [2.75, 3.05) is 26.2 Å². The van der Waals surface area contributed by atoms with Gasteiger partial charge in [-0.3, -0.25) is 9.69 Å². The molecule has 23 heavy (non-hydrogen) atoms. The first-order chi connectivity index (χ1) is 11.2. The van der Waals surface area contributed by atoms with Gasteiger partial charge in [0.15, 0.2) is 0 Å². The van der Waals surface area contributed by atoms with E-state index in [0.29, 0.717) is 44.4 Å². The van der Waals surface area contributed by atoms with Crippen molar-refractivity contribution in [3.8, 4) is 0 Å². The number of hydrogen-bond acceptors (Lipinski definition) is 4. The normalized spacial score (nSPS) is 20.5. The van der Waals surface area contributed by atoms with Gasteiger partial charge in [0.25, 0.3) is 0 Å². The Morgan fingerprint density at radius 1 is 1.04 bits per heavy atom. The van der Waals surface area contributed by atoms with Gasteiger partial charge in [-0.05, 0) is 18.4 Å². The third-order valence-electron chi connectivity index (χ3n) is 4.81. The summed E-state index contributed by atoms with van der Waals surface area (Å²) >= 11 is 0. The first-order valence-electron chi connectivity index (χ1n) is 8.44. The molecule has 0 atom stereocenters. The lowest BCUT2D eigenvalue weighted by atomic mass is 9.93. The van der Waals surface area contributed by atoms with Crippen molar-refractivity contribution >= 4 is 11.9 Å². The average Bonchev–Trinajstić information content (AvgIpc) is 2.61. The smallest absolute Gasteiger partial charge is 0.410 e. The van der Waals surface area contributed by atoms with Crippen LogP contribution in [0, 0.1) is 0 Å². The zero-order valence-electron chi connectivity index (χ0n) is 13.4. The zero-order chi connectivity index (χ0) is 16.1. The Bertz CT molecular complexity index is 528. The Hall–Kier alpha value is -1.88. The highest BCUT2D eigenvalue weighted by Gasteiger charge is 2.29. The summed E-state index contributed by atoms with van der Waals surface area (Å²) in [5.41, 5.74) is 1.01. The summed E-state index contributed by atoms with van der Waals surface area (Å²) in [5, 5.41) is 0. The van der Waals surface area contributed by atoms with Gasteiger partial charge in [0.05, 0.1) is 0 Å². The molecule has 1 aliphatic carbocycles. The molecule has 0 radical (unpaired) electrons. The molecule has 3 rings (SSSR count). The van der Waals surface area contributed by atoms with Crippen LogP contribution >= 0.6 is 0 Å². The molecular formula is C18H24N2O3. The summed E-state index contributed by atoms with van der Waals surface area (Å²) in [4.78, 5) is 27.7. The van der Waals surface area contributed by atoms with Gasteiger partial charge < -0.3 is 9.64 Å². The highest BCUT2D eigenvalue weighted by Crippen LogP contribution is 2.21. The molecule has 0 bridgehead atoms. The quantitative estimate of drug-likeness (QED) is 0.859. The van der Waals surface area contributed by atoms with E-state index in [-0.39, 0.29) is 6.09 Å². The van der Waals surface area contributed by atoms with Crippen LogP contribution in [-0.2, 0) is 16.1 Å². The molecule has 1 heterocycles. The maximum Gasteiger partial charge on any atom is 0.410 e. The molecular weight excluding hydrogens is 292 g/mol. The Morgan fingerprint density at radius 3 is 2.35 bits per heavy atom. The van der Waals surface area contributed by atoms with Gasteiger partial charge >= 0.3 is 6.09 Å². The van der Waals surface area contributed by atoms with Crippen molar-refractivity contribution in [2.24, 2.45) is 0 Å². The molecule has 0 N–H and O–H groups in total. The number of piperazine rings is 1. The molecule has 1 aromatic rings. The van der Waals surface area contributed by atoms with Crippen molar-refractivity contribution < 1.29 is 14.3 Å². The molecule has 1 aliphatic heterocycles. The van der Waals surface area contributed by atoms with Crippen LogP contribution in [-0.4, -0.2) is 53.9 Å². The summed E-state index contributed by atoms with van der Waals surface area (Å²) in [7, 11) is 0. The number of amides is 1. The number of ether oxygens (including phenoxy) is 1. The minimum absolute atomic E-state index is 0.229. The Kier molecular flexibility index (Phi) is 5.28. The second kappa shape index (κ2) is 7.59. The monoisotopic (exact) mass is 316 g/mol. The molecule has 1 aromatic carbocycles. The van der Waals surface area contributed by atoms with E-state index in [1.807, 2.05) is 30.3 Å². The summed E-state index contributed by atoms with van der Waals surface area (Å²) in [6.45, 7) is 3.49. The minimum Gasteiger partial charge on any atom is -0.445 e. The van der Waals surface area contributed by atoms with Crippen molar-refractivity contribution in [1.82, 2.24) is 9.80 Å². The fourth-order valence-corrected chi connectivity index (χ4v) is 3.37. The second-order valence-electron chi connectivity index (χ2n) is 6.33. The summed E-state index contributed by atoms with van der Waals surface area (Å²) < 4.78 is 5.39. The molecule has 2 aliphatic rings. The van der Waals surface area contributed by atoms with Crippen molar-refractivity contribution in [1.29, 1.82) is 0 Å². The van der Waals surface area contributed by atoms with Gasteiger partial charge in [-0.15, -0.1) is 0 Å². The standard InChI is InChI=1S/C18H24N2O3/c21-17-8-6-16(7-9-17)19-10-12-20(13-11-19)18(22)23-14-15-4-2-1-3-5-15/h1-5,16H,6-14H2. The van der Waals surface area contributed by atoms with Gasteiger partial charge in [0.2, 0.25) is 0 Å². The second-order valence-corrected chi connectivity index (χ2v) is 6.33. The molecule has 5 heteroatoms. The average molecular weight is 316 g/mol. The summed E-state index contributed by atoms with van der Waals surface area (Å²) in [5.74, 6) is 0.393. The zero-order valence-corrected chi connectivity index (χ0v) is 13.4. The largest absolute Gasteiger partial charge is 0.445 e. The minimum atomic E-state index is -0.229. The molecule has 0 aromatic heterocycles. The van der Waals surface area contributed by atoms with E-state index in [0.717, 1.165) is 31.5 Å². The molecule has 124 valence electrons. The van der Waals surface area contributed by atoms with E-state index < -0.39 is 0 Å².